The van der Waals surface area contributed by atoms with Crippen LogP contribution in [-0.2, 0) is 9.53 Å². The minimum Gasteiger partial charge on any atom is -0.465 e. The van der Waals surface area contributed by atoms with Crippen LogP contribution in [0.2, 0.25) is 0 Å². The number of para-hydroxylation sites is 1. The highest BCUT2D eigenvalue weighted by atomic mass is 32.2. The second kappa shape index (κ2) is 9.07. The smallest absolute Gasteiger partial charge is 0.337 e. The molecule has 4 rings (SSSR count). The van der Waals surface area contributed by atoms with Crippen LogP contribution in [-0.4, -0.2) is 40.7 Å². The van der Waals surface area contributed by atoms with Crippen LogP contribution in [0.25, 0.3) is 11.8 Å². The summed E-state index contributed by atoms with van der Waals surface area (Å²) in [5, 5.41) is 0.528. The third kappa shape index (κ3) is 4.34. The first-order valence-electron chi connectivity index (χ1n) is 10.2. The number of aromatic nitrogens is 1. The van der Waals surface area contributed by atoms with Crippen molar-refractivity contribution in [1.82, 2.24) is 9.47 Å². The molecule has 1 aliphatic rings. The van der Waals surface area contributed by atoms with Crippen LogP contribution in [0.5, 0.6) is 0 Å². The average molecular weight is 464 g/mol. The molecule has 0 N–H and O–H groups in total. The number of aliphatic imine (C=N–C) groups is 1. The zero-order valence-corrected chi connectivity index (χ0v) is 19.4. The normalized spacial score (nSPS) is 16.2. The number of hydrogen-bond acceptors (Lipinski definition) is 5. The molecule has 33 heavy (non-hydrogen) atoms. The van der Waals surface area contributed by atoms with Gasteiger partial charge in [-0.3, -0.25) is 9.69 Å². The molecular formula is C25H22FN3O3S. The summed E-state index contributed by atoms with van der Waals surface area (Å²) in [5.41, 5.74) is 4.05. The lowest BCUT2D eigenvalue weighted by molar-refractivity contribution is -0.121. The Hall–Kier alpha value is -3.65. The van der Waals surface area contributed by atoms with Gasteiger partial charge in [0.1, 0.15) is 5.82 Å². The highest BCUT2D eigenvalue weighted by molar-refractivity contribution is 8.18. The quantitative estimate of drug-likeness (QED) is 0.391. The maximum atomic E-state index is 14.4. The van der Waals surface area contributed by atoms with Crippen LogP contribution in [0.3, 0.4) is 0 Å². The number of rotatable bonds is 4. The van der Waals surface area contributed by atoms with E-state index in [2.05, 4.69) is 4.99 Å². The van der Waals surface area contributed by atoms with E-state index in [-0.39, 0.29) is 11.7 Å². The van der Waals surface area contributed by atoms with Gasteiger partial charge in [-0.1, -0.05) is 12.1 Å². The van der Waals surface area contributed by atoms with Crippen molar-refractivity contribution >= 4 is 40.6 Å². The van der Waals surface area contributed by atoms with Crippen LogP contribution in [0.1, 0.15) is 27.3 Å². The Kier molecular flexibility index (Phi) is 6.20. The Morgan fingerprint density at radius 3 is 2.48 bits per heavy atom. The van der Waals surface area contributed by atoms with Gasteiger partial charge in [-0.25, -0.2) is 14.2 Å². The average Bonchev–Trinajstić information content (AvgIpc) is 3.23. The summed E-state index contributed by atoms with van der Waals surface area (Å²) in [6, 6.07) is 15.2. The highest BCUT2D eigenvalue weighted by Gasteiger charge is 2.31. The van der Waals surface area contributed by atoms with Gasteiger partial charge in [0.2, 0.25) is 0 Å². The number of esters is 1. The number of carbonyl (C=O) groups is 2. The van der Waals surface area contributed by atoms with Crippen molar-refractivity contribution in [1.29, 1.82) is 0 Å². The van der Waals surface area contributed by atoms with Crippen molar-refractivity contribution in [3.05, 3.63) is 87.8 Å². The lowest BCUT2D eigenvalue weighted by atomic mass is 10.2. The standard InChI is InChI=1S/C25H22FN3O3S/c1-15-13-18(16(2)29(15)21-8-6-5-7-20(21)26)14-22-23(30)28(3)25(33-22)27-19-11-9-17(10-12-19)24(31)32-4/h5-14H,1-4H3. The van der Waals surface area contributed by atoms with Gasteiger partial charge in [0.05, 0.1) is 29.0 Å². The van der Waals surface area contributed by atoms with Gasteiger partial charge in [0, 0.05) is 18.4 Å². The summed E-state index contributed by atoms with van der Waals surface area (Å²) in [6.07, 6.45) is 1.81. The number of benzene rings is 2. The summed E-state index contributed by atoms with van der Waals surface area (Å²) in [6.45, 7) is 3.81. The zero-order valence-electron chi connectivity index (χ0n) is 18.6. The summed E-state index contributed by atoms with van der Waals surface area (Å²) in [5.74, 6) is -0.896. The largest absolute Gasteiger partial charge is 0.465 e. The number of amides is 1. The molecular weight excluding hydrogens is 441 g/mol. The highest BCUT2D eigenvalue weighted by Crippen LogP contribution is 2.34. The van der Waals surface area contributed by atoms with E-state index >= 15 is 0 Å². The Bertz CT molecular complexity index is 1310. The van der Waals surface area contributed by atoms with Crippen molar-refractivity contribution in [2.75, 3.05) is 14.2 Å². The van der Waals surface area contributed by atoms with E-state index in [4.69, 9.17) is 4.74 Å². The van der Waals surface area contributed by atoms with Gasteiger partial charge in [-0.15, -0.1) is 0 Å². The molecule has 0 unspecified atom stereocenters. The van der Waals surface area contributed by atoms with Gasteiger partial charge in [-0.2, -0.15) is 0 Å². The molecule has 1 aliphatic heterocycles. The minimum absolute atomic E-state index is 0.166. The predicted octanol–water partition coefficient (Wildman–Crippen LogP) is 5.25. The Labute approximate surface area is 195 Å². The second-order valence-corrected chi connectivity index (χ2v) is 8.53. The van der Waals surface area contributed by atoms with E-state index in [9.17, 15) is 14.0 Å². The third-order valence-corrected chi connectivity index (χ3v) is 6.43. The fraction of sp³-hybridized carbons (Fsp3) is 0.160. The molecule has 2 heterocycles. The number of halogens is 1. The minimum atomic E-state index is -0.421. The molecule has 0 aliphatic carbocycles. The lowest BCUT2D eigenvalue weighted by Crippen LogP contribution is -2.23. The topological polar surface area (TPSA) is 63.9 Å². The van der Waals surface area contributed by atoms with Gasteiger partial charge in [-0.05, 0) is 79.7 Å². The number of carbonyl (C=O) groups excluding carboxylic acids is 2. The summed E-state index contributed by atoms with van der Waals surface area (Å²) in [7, 11) is 2.99. The number of likely N-dealkylation sites (N-methyl/N-ethyl adjacent to an activating group) is 1. The number of amidine groups is 1. The third-order valence-electron chi connectivity index (χ3n) is 5.37. The SMILES string of the molecule is COC(=O)c1ccc(N=C2SC(=Cc3cc(C)n(-c4ccccc4F)c3C)C(=O)N2C)cc1. The molecule has 8 heteroatoms. The molecule has 1 aromatic heterocycles. The molecule has 0 radical (unpaired) electrons. The van der Waals surface area contributed by atoms with Crippen LogP contribution < -0.4 is 0 Å². The first kappa shape index (κ1) is 22.5. The summed E-state index contributed by atoms with van der Waals surface area (Å²) < 4.78 is 20.9. The van der Waals surface area contributed by atoms with Crippen LogP contribution >= 0.6 is 11.8 Å². The first-order chi connectivity index (χ1) is 15.8. The molecule has 1 fully saturated rings. The number of hydrogen-bond donors (Lipinski definition) is 0. The van der Waals surface area contributed by atoms with Crippen molar-refractivity contribution in [2.45, 2.75) is 13.8 Å². The molecule has 168 valence electrons. The fourth-order valence-electron chi connectivity index (χ4n) is 3.63. The Morgan fingerprint density at radius 1 is 1.12 bits per heavy atom. The van der Waals surface area contributed by atoms with E-state index in [1.165, 1.54) is 29.8 Å². The Balaban J connectivity index is 1.64. The zero-order chi connectivity index (χ0) is 23.7. The maximum Gasteiger partial charge on any atom is 0.337 e. The maximum absolute atomic E-state index is 14.4. The van der Waals surface area contributed by atoms with Crippen molar-refractivity contribution in [2.24, 2.45) is 4.99 Å². The van der Waals surface area contributed by atoms with Crippen molar-refractivity contribution in [3.63, 3.8) is 0 Å². The molecule has 0 saturated carbocycles. The predicted molar refractivity (Wildman–Crippen MR) is 128 cm³/mol. The second-order valence-electron chi connectivity index (χ2n) is 7.52. The Morgan fingerprint density at radius 2 is 1.82 bits per heavy atom. The molecule has 0 spiro atoms. The van der Waals surface area contributed by atoms with Crippen molar-refractivity contribution in [3.8, 4) is 5.69 Å². The first-order valence-corrected chi connectivity index (χ1v) is 11.0. The van der Waals surface area contributed by atoms with Crippen LogP contribution in [0, 0.1) is 19.7 Å². The van der Waals surface area contributed by atoms with E-state index in [0.717, 1.165) is 17.0 Å². The van der Waals surface area contributed by atoms with Crippen LogP contribution in [0.15, 0.2) is 64.5 Å². The van der Waals surface area contributed by atoms with Gasteiger partial charge in [0.25, 0.3) is 5.91 Å². The molecule has 2 aromatic carbocycles. The van der Waals surface area contributed by atoms with E-state index < -0.39 is 5.97 Å². The summed E-state index contributed by atoms with van der Waals surface area (Å²) in [4.78, 5) is 31.0. The van der Waals surface area contributed by atoms with Crippen LogP contribution in [0.4, 0.5) is 10.1 Å². The lowest BCUT2D eigenvalue weighted by Gasteiger charge is -2.10. The van der Waals surface area contributed by atoms with Gasteiger partial charge in [0.15, 0.2) is 5.17 Å². The molecule has 1 saturated heterocycles. The number of ether oxygens (including phenoxy) is 1. The van der Waals surface area contributed by atoms with E-state index in [1.54, 1.807) is 49.5 Å². The molecule has 0 atom stereocenters. The van der Waals surface area contributed by atoms with E-state index in [0.29, 0.717) is 27.0 Å². The summed E-state index contributed by atoms with van der Waals surface area (Å²) >= 11 is 1.27. The molecule has 3 aromatic rings. The molecule has 6 nitrogen and oxygen atoms in total. The van der Waals surface area contributed by atoms with Crippen molar-refractivity contribution < 1.29 is 18.7 Å². The number of nitrogens with zero attached hydrogens (tertiary/aromatic N) is 3. The number of thioether (sulfide) groups is 1. The number of methoxy groups -OCH3 is 1. The molecule has 1 amide bonds. The number of aryl methyl sites for hydroxylation is 1. The molecule has 0 bridgehead atoms. The van der Waals surface area contributed by atoms with Gasteiger partial charge >= 0.3 is 5.97 Å². The van der Waals surface area contributed by atoms with Gasteiger partial charge < -0.3 is 9.30 Å². The van der Waals surface area contributed by atoms with E-state index in [1.807, 2.05) is 30.6 Å². The monoisotopic (exact) mass is 463 g/mol. The fourth-order valence-corrected chi connectivity index (χ4v) is 4.61.